The van der Waals surface area contributed by atoms with Gasteiger partial charge in [0.25, 0.3) is 0 Å². The fourth-order valence-electron chi connectivity index (χ4n) is 3.02. The first-order valence-corrected chi connectivity index (χ1v) is 11.5. The van der Waals surface area contributed by atoms with Crippen LogP contribution in [0.15, 0.2) is 0 Å². The first-order chi connectivity index (χ1) is 13.6. The Morgan fingerprint density at radius 2 is 1.82 bits per heavy atom. The Morgan fingerprint density at radius 1 is 1.07 bits per heavy atom. The first kappa shape index (κ1) is 27.6. The van der Waals surface area contributed by atoms with Gasteiger partial charge in [0.05, 0.1) is 19.6 Å². The highest BCUT2D eigenvalue weighted by Gasteiger charge is 2.33. The van der Waals surface area contributed by atoms with E-state index in [4.69, 9.17) is 19.8 Å². The van der Waals surface area contributed by atoms with Gasteiger partial charge in [-0.1, -0.05) is 58.4 Å². The molecule has 0 spiro atoms. The van der Waals surface area contributed by atoms with Crippen molar-refractivity contribution in [1.29, 1.82) is 0 Å². The molecule has 0 aliphatic rings. The summed E-state index contributed by atoms with van der Waals surface area (Å²) in [4.78, 5) is 23.2. The minimum Gasteiger partial charge on any atom is -0.462 e. The lowest BCUT2D eigenvalue weighted by Crippen LogP contribution is -2.32. The molecular formula is C20H40O7S. The van der Waals surface area contributed by atoms with Gasteiger partial charge in [-0.3, -0.25) is 4.79 Å². The fraction of sp³-hybridized carbons (Fsp3) is 0.950. The quantitative estimate of drug-likeness (QED) is 0.0852. The molecule has 0 heterocycles. The maximum atomic E-state index is 12.6. The van der Waals surface area contributed by atoms with E-state index < -0.39 is 0 Å². The van der Waals surface area contributed by atoms with Crippen LogP contribution in [0, 0.1) is 5.41 Å². The molecule has 168 valence electrons. The summed E-state index contributed by atoms with van der Waals surface area (Å²) in [6, 6.07) is 0. The van der Waals surface area contributed by atoms with Crippen LogP contribution in [0.3, 0.4) is 0 Å². The predicted octanol–water partition coefficient (Wildman–Crippen LogP) is 5.88. The molecule has 0 radical (unpaired) electrons. The third-order valence-corrected chi connectivity index (χ3v) is 5.48. The molecular weight excluding hydrogens is 384 g/mol. The molecule has 0 amide bonds. The van der Waals surface area contributed by atoms with Gasteiger partial charge in [-0.15, -0.1) is 4.33 Å². The van der Waals surface area contributed by atoms with Crippen LogP contribution < -0.4 is 0 Å². The standard InChI is InChI=1S/C20H40O7S/c1-5-9-11-12-18(7-3)25-19(21)16-20(8-4,13-10-6-2)17-24-23-14-15-28-27-26-22/h18,22H,5-17H2,1-4H3. The molecule has 7 nitrogen and oxygen atoms in total. The second-order valence-corrected chi connectivity index (χ2v) is 7.98. The topological polar surface area (TPSA) is 83.5 Å². The number of hydrogen-bond acceptors (Lipinski definition) is 8. The van der Waals surface area contributed by atoms with Gasteiger partial charge >= 0.3 is 5.97 Å². The Hall–Kier alpha value is -0.380. The molecule has 28 heavy (non-hydrogen) atoms. The summed E-state index contributed by atoms with van der Waals surface area (Å²) < 4.78 is 10.0. The van der Waals surface area contributed by atoms with Crippen molar-refractivity contribution in [3.8, 4) is 0 Å². The Bertz CT molecular complexity index is 370. The summed E-state index contributed by atoms with van der Waals surface area (Å²) in [7, 11) is 0. The zero-order valence-corrected chi connectivity index (χ0v) is 18.9. The van der Waals surface area contributed by atoms with E-state index >= 15 is 0 Å². The van der Waals surface area contributed by atoms with E-state index in [2.05, 4.69) is 37.1 Å². The highest BCUT2D eigenvalue weighted by atomic mass is 32.2. The third-order valence-electron chi connectivity index (χ3n) is 4.99. The molecule has 0 aliphatic carbocycles. The fourth-order valence-corrected chi connectivity index (χ4v) is 3.27. The van der Waals surface area contributed by atoms with Crippen LogP contribution >= 0.6 is 12.0 Å². The lowest BCUT2D eigenvalue weighted by Gasteiger charge is -2.31. The molecule has 2 unspecified atom stereocenters. The number of carbonyl (C=O) groups is 1. The number of esters is 1. The number of rotatable bonds is 20. The average Bonchev–Trinajstić information content (AvgIpc) is 2.70. The second kappa shape index (κ2) is 18.6. The van der Waals surface area contributed by atoms with Gasteiger partial charge in [0.1, 0.15) is 6.10 Å². The maximum Gasteiger partial charge on any atom is 0.306 e. The molecule has 0 aromatic carbocycles. The first-order valence-electron chi connectivity index (χ1n) is 10.6. The zero-order chi connectivity index (χ0) is 21.1. The zero-order valence-electron chi connectivity index (χ0n) is 18.1. The van der Waals surface area contributed by atoms with Crippen LogP contribution in [0.4, 0.5) is 0 Å². The van der Waals surface area contributed by atoms with Crippen LogP contribution in [-0.4, -0.2) is 36.3 Å². The Morgan fingerprint density at radius 3 is 2.43 bits per heavy atom. The average molecular weight is 425 g/mol. The molecule has 0 rings (SSSR count). The van der Waals surface area contributed by atoms with Crippen molar-refractivity contribution in [3.63, 3.8) is 0 Å². The van der Waals surface area contributed by atoms with Crippen LogP contribution in [0.25, 0.3) is 0 Å². The molecule has 0 aliphatic heterocycles. The molecule has 0 aromatic heterocycles. The number of unbranched alkanes of at least 4 members (excludes halogenated alkanes) is 3. The summed E-state index contributed by atoms with van der Waals surface area (Å²) in [6.45, 7) is 9.07. The summed E-state index contributed by atoms with van der Waals surface area (Å²) in [5, 5.41) is 11.6. The van der Waals surface area contributed by atoms with Gasteiger partial charge < -0.3 is 4.74 Å². The Labute approximate surface area is 174 Å². The van der Waals surface area contributed by atoms with Crippen molar-refractivity contribution in [1.82, 2.24) is 0 Å². The van der Waals surface area contributed by atoms with Gasteiger partial charge in [-0.25, -0.2) is 15.0 Å². The summed E-state index contributed by atoms with van der Waals surface area (Å²) in [5.74, 6) is 0.293. The van der Waals surface area contributed by atoms with E-state index in [9.17, 15) is 4.79 Å². The van der Waals surface area contributed by atoms with Gasteiger partial charge in [0.15, 0.2) is 0 Å². The second-order valence-electron chi connectivity index (χ2n) is 7.20. The molecule has 1 N–H and O–H groups in total. The van der Waals surface area contributed by atoms with E-state index in [-0.39, 0.29) is 24.1 Å². The highest BCUT2D eigenvalue weighted by Crippen LogP contribution is 2.34. The maximum absolute atomic E-state index is 12.6. The van der Waals surface area contributed by atoms with Crippen LogP contribution in [0.1, 0.15) is 91.9 Å². The van der Waals surface area contributed by atoms with Gasteiger partial charge in [-0.2, -0.15) is 0 Å². The molecule has 0 aromatic rings. The van der Waals surface area contributed by atoms with Gasteiger partial charge in [-0.05, 0) is 32.1 Å². The van der Waals surface area contributed by atoms with Gasteiger partial charge in [0, 0.05) is 23.2 Å². The van der Waals surface area contributed by atoms with E-state index in [1.807, 2.05) is 0 Å². The smallest absolute Gasteiger partial charge is 0.306 e. The molecule has 0 saturated carbocycles. The van der Waals surface area contributed by atoms with Crippen LogP contribution in [0.5, 0.6) is 0 Å². The van der Waals surface area contributed by atoms with Gasteiger partial charge in [0.2, 0.25) is 0 Å². The lowest BCUT2D eigenvalue weighted by molar-refractivity contribution is -0.432. The number of ether oxygens (including phenoxy) is 1. The largest absolute Gasteiger partial charge is 0.462 e. The lowest BCUT2D eigenvalue weighted by atomic mass is 9.78. The normalized spacial score (nSPS) is 14.6. The molecule has 0 fully saturated rings. The molecule has 0 saturated heterocycles. The Balaban J connectivity index is 4.55. The summed E-state index contributed by atoms with van der Waals surface area (Å²) in [5.41, 5.74) is -0.285. The van der Waals surface area contributed by atoms with Crippen molar-refractivity contribution >= 4 is 18.0 Å². The minimum atomic E-state index is -0.285. The predicted molar refractivity (Wildman–Crippen MR) is 110 cm³/mol. The summed E-state index contributed by atoms with van der Waals surface area (Å²) >= 11 is 0.907. The van der Waals surface area contributed by atoms with Crippen molar-refractivity contribution in [2.24, 2.45) is 5.41 Å². The number of carbonyl (C=O) groups excluding carboxylic acids is 1. The van der Waals surface area contributed by atoms with Crippen molar-refractivity contribution in [2.45, 2.75) is 98.0 Å². The van der Waals surface area contributed by atoms with Crippen molar-refractivity contribution < 1.29 is 33.9 Å². The summed E-state index contributed by atoms with van der Waals surface area (Å²) in [6.07, 6.45) is 9.33. The highest BCUT2D eigenvalue weighted by molar-refractivity contribution is 7.94. The van der Waals surface area contributed by atoms with E-state index in [0.29, 0.717) is 18.8 Å². The number of hydrogen-bond donors (Lipinski definition) is 1. The van der Waals surface area contributed by atoms with E-state index in [1.54, 1.807) is 0 Å². The van der Waals surface area contributed by atoms with Crippen molar-refractivity contribution in [2.75, 3.05) is 19.0 Å². The Kier molecular flexibility index (Phi) is 18.4. The third kappa shape index (κ3) is 13.7. The minimum absolute atomic E-state index is 0.00252. The SMILES string of the molecule is CCCCCC(CC)OC(=O)CC(CC)(CCCC)COOCCSOOO. The van der Waals surface area contributed by atoms with E-state index in [0.717, 1.165) is 63.4 Å². The van der Waals surface area contributed by atoms with Crippen LogP contribution in [0.2, 0.25) is 0 Å². The van der Waals surface area contributed by atoms with E-state index in [1.165, 1.54) is 6.42 Å². The molecule has 2 atom stereocenters. The molecule has 8 heteroatoms. The molecule has 0 bridgehead atoms. The monoisotopic (exact) mass is 424 g/mol. The van der Waals surface area contributed by atoms with Crippen LogP contribution in [-0.2, 0) is 28.7 Å². The van der Waals surface area contributed by atoms with Crippen molar-refractivity contribution in [3.05, 3.63) is 0 Å².